The molecule has 10 heteroatoms. The molecule has 1 fully saturated rings. The first kappa shape index (κ1) is 23.6. The summed E-state index contributed by atoms with van der Waals surface area (Å²) in [6.45, 7) is 3.81. The number of aromatic hydroxyl groups is 1. The first-order chi connectivity index (χ1) is 16.5. The lowest BCUT2D eigenvalue weighted by molar-refractivity contribution is -0.178. The minimum absolute atomic E-state index is 0.0625. The molecule has 1 saturated heterocycles. The van der Waals surface area contributed by atoms with Gasteiger partial charge in [0, 0.05) is 18.0 Å². The van der Waals surface area contributed by atoms with Crippen molar-refractivity contribution in [3.05, 3.63) is 35.1 Å². The molecule has 2 aliphatic carbocycles. The van der Waals surface area contributed by atoms with Gasteiger partial charge in [-0.1, -0.05) is 19.9 Å². The predicted octanol–water partition coefficient (Wildman–Crippen LogP) is 1.26. The third-order valence-corrected chi connectivity index (χ3v) is 7.92. The number of ether oxygens (including phenoxy) is 3. The van der Waals surface area contributed by atoms with Crippen LogP contribution in [0.4, 0.5) is 0 Å². The van der Waals surface area contributed by atoms with Gasteiger partial charge in [0.05, 0.1) is 23.4 Å². The second kappa shape index (κ2) is 7.96. The molecule has 10 nitrogen and oxygen atoms in total. The van der Waals surface area contributed by atoms with Crippen molar-refractivity contribution in [1.82, 2.24) is 4.90 Å². The summed E-state index contributed by atoms with van der Waals surface area (Å²) in [5.74, 6) is -3.31. The van der Waals surface area contributed by atoms with E-state index in [9.17, 15) is 29.7 Å². The van der Waals surface area contributed by atoms with Crippen molar-refractivity contribution in [2.45, 2.75) is 68.8 Å². The van der Waals surface area contributed by atoms with Gasteiger partial charge in [0.15, 0.2) is 17.6 Å². The first-order valence-corrected chi connectivity index (χ1v) is 11.8. The highest BCUT2D eigenvalue weighted by atomic mass is 16.6. The van der Waals surface area contributed by atoms with E-state index in [0.717, 1.165) is 11.1 Å². The number of likely N-dealkylation sites (N-methyl/N-ethyl adjacent to an activating group) is 1. The van der Waals surface area contributed by atoms with Crippen LogP contribution in [0.15, 0.2) is 24.0 Å². The molecule has 0 amide bonds. The Kier molecular flexibility index (Phi) is 5.37. The number of nitrogens with zero attached hydrogens (tertiary/aromatic N) is 1. The number of aliphatic carboxylic acids is 1. The lowest BCUT2D eigenvalue weighted by atomic mass is 9.50. The molecule has 1 aromatic carbocycles. The van der Waals surface area contributed by atoms with Gasteiger partial charge < -0.3 is 34.4 Å². The summed E-state index contributed by atoms with van der Waals surface area (Å²) in [7, 11) is 1.96. The number of carboxylic acid groups (broad SMARTS) is 1. The molecule has 0 saturated carbocycles. The number of carboxylic acids is 1. The van der Waals surface area contributed by atoms with Crippen LogP contribution in [-0.4, -0.2) is 75.6 Å². The SMILES string of the molecule is CC(C)C(=O)O[C@@H](CC(=O)O)C(=O)OC1=CC[C@@]2(O)[C@H]3Cc4ccc(O)c5c4C2(CCN3C)C1O5. The summed E-state index contributed by atoms with van der Waals surface area (Å²) in [5.41, 5.74) is -0.474. The number of esters is 2. The monoisotopic (exact) mass is 487 g/mol. The van der Waals surface area contributed by atoms with Gasteiger partial charge in [0.25, 0.3) is 0 Å². The largest absolute Gasteiger partial charge is 0.504 e. The standard InChI is InChI=1S/C25H29NO9/c1-12(2)22(30)34-16(11-18(28)29)23(31)33-15-6-7-25(32)17-10-13-4-5-14(27)20-19(13)24(25,21(15)35-20)8-9-26(17)3/h4-6,12,16-17,21,27,32H,7-11H2,1-3H3,(H,28,29)/t16-,17+,21?,24?,25+/m0/s1. The van der Waals surface area contributed by atoms with Gasteiger partial charge in [0.2, 0.25) is 6.10 Å². The molecule has 1 aromatic rings. The van der Waals surface area contributed by atoms with Crippen molar-refractivity contribution in [3.8, 4) is 11.5 Å². The van der Waals surface area contributed by atoms with E-state index < -0.39 is 53.5 Å². The van der Waals surface area contributed by atoms with E-state index in [2.05, 4.69) is 4.90 Å². The van der Waals surface area contributed by atoms with Crippen molar-refractivity contribution in [1.29, 1.82) is 0 Å². The maximum atomic E-state index is 13.0. The molecule has 2 bridgehead atoms. The molecule has 188 valence electrons. The number of likely N-dealkylation sites (tertiary alicyclic amines) is 1. The van der Waals surface area contributed by atoms with Crippen LogP contribution in [0.25, 0.3) is 0 Å². The summed E-state index contributed by atoms with van der Waals surface area (Å²) in [6, 6.07) is 3.20. The Morgan fingerprint density at radius 1 is 1.26 bits per heavy atom. The Morgan fingerprint density at radius 2 is 2.00 bits per heavy atom. The van der Waals surface area contributed by atoms with Crippen LogP contribution >= 0.6 is 0 Å². The van der Waals surface area contributed by atoms with Crippen LogP contribution in [0, 0.1) is 5.92 Å². The Bertz CT molecular complexity index is 1140. The maximum absolute atomic E-state index is 13.0. The summed E-state index contributed by atoms with van der Waals surface area (Å²) >= 11 is 0. The molecule has 2 aliphatic heterocycles. The van der Waals surface area contributed by atoms with Crippen LogP contribution in [0.5, 0.6) is 11.5 Å². The zero-order valence-electron chi connectivity index (χ0n) is 19.8. The Labute approximate surface area is 202 Å². The number of carbonyl (C=O) groups is 3. The molecule has 2 unspecified atom stereocenters. The first-order valence-electron chi connectivity index (χ1n) is 11.8. The third-order valence-electron chi connectivity index (χ3n) is 7.92. The normalized spacial score (nSPS) is 31.2. The molecular weight excluding hydrogens is 458 g/mol. The second-order valence-corrected chi connectivity index (χ2v) is 10.2. The van der Waals surface area contributed by atoms with E-state index in [1.54, 1.807) is 26.0 Å². The molecule has 0 radical (unpaired) electrons. The average Bonchev–Trinajstić information content (AvgIpc) is 3.15. The molecular formula is C25H29NO9. The Balaban J connectivity index is 1.52. The summed E-state index contributed by atoms with van der Waals surface area (Å²) in [6.07, 6.45) is -0.440. The van der Waals surface area contributed by atoms with E-state index in [-0.39, 0.29) is 29.7 Å². The fourth-order valence-corrected chi connectivity index (χ4v) is 6.23. The van der Waals surface area contributed by atoms with E-state index in [1.165, 1.54) is 0 Å². The third kappa shape index (κ3) is 3.26. The van der Waals surface area contributed by atoms with E-state index in [4.69, 9.17) is 14.2 Å². The van der Waals surface area contributed by atoms with Crippen LogP contribution in [0.1, 0.15) is 44.2 Å². The number of hydrogen-bond donors (Lipinski definition) is 3. The molecule has 3 N–H and O–H groups in total. The van der Waals surface area contributed by atoms with E-state index >= 15 is 0 Å². The second-order valence-electron chi connectivity index (χ2n) is 10.2. The zero-order valence-corrected chi connectivity index (χ0v) is 19.8. The number of piperidine rings is 1. The van der Waals surface area contributed by atoms with Gasteiger partial charge in [-0.3, -0.25) is 9.59 Å². The number of hydrogen-bond acceptors (Lipinski definition) is 9. The molecule has 35 heavy (non-hydrogen) atoms. The van der Waals surface area contributed by atoms with Crippen LogP contribution in [0.3, 0.4) is 0 Å². The minimum Gasteiger partial charge on any atom is -0.504 e. The lowest BCUT2D eigenvalue weighted by Crippen LogP contribution is -2.74. The van der Waals surface area contributed by atoms with Crippen LogP contribution in [0.2, 0.25) is 0 Å². The molecule has 4 aliphatic rings. The van der Waals surface area contributed by atoms with Gasteiger partial charge in [-0.05, 0) is 44.1 Å². The van der Waals surface area contributed by atoms with Crippen molar-refractivity contribution < 1.29 is 43.9 Å². The van der Waals surface area contributed by atoms with Crippen LogP contribution < -0.4 is 4.74 Å². The number of rotatable bonds is 6. The summed E-state index contributed by atoms with van der Waals surface area (Å²) in [5, 5.41) is 31.9. The van der Waals surface area contributed by atoms with Crippen molar-refractivity contribution >= 4 is 17.9 Å². The van der Waals surface area contributed by atoms with Gasteiger partial charge in [0.1, 0.15) is 5.76 Å². The molecule has 5 rings (SSSR count). The van der Waals surface area contributed by atoms with Gasteiger partial charge in [-0.15, -0.1) is 0 Å². The van der Waals surface area contributed by atoms with E-state index in [1.807, 2.05) is 13.1 Å². The average molecular weight is 488 g/mol. The van der Waals surface area contributed by atoms with Crippen molar-refractivity contribution in [3.63, 3.8) is 0 Å². The number of benzene rings is 1. The highest BCUT2D eigenvalue weighted by molar-refractivity contribution is 5.85. The van der Waals surface area contributed by atoms with Crippen molar-refractivity contribution in [2.75, 3.05) is 13.6 Å². The van der Waals surface area contributed by atoms with Gasteiger partial charge >= 0.3 is 17.9 Å². The fraction of sp³-hybridized carbons (Fsp3) is 0.560. The fourth-order valence-electron chi connectivity index (χ4n) is 6.23. The quantitative estimate of drug-likeness (QED) is 0.502. The van der Waals surface area contributed by atoms with Crippen molar-refractivity contribution in [2.24, 2.45) is 5.92 Å². The molecule has 1 spiro atoms. The summed E-state index contributed by atoms with van der Waals surface area (Å²) < 4.78 is 17.0. The maximum Gasteiger partial charge on any atom is 0.353 e. The van der Waals surface area contributed by atoms with E-state index in [0.29, 0.717) is 19.4 Å². The minimum atomic E-state index is -1.63. The topological polar surface area (TPSA) is 143 Å². The lowest BCUT2D eigenvalue weighted by Gasteiger charge is -2.61. The zero-order chi connectivity index (χ0) is 25.3. The highest BCUT2D eigenvalue weighted by Gasteiger charge is 2.72. The number of phenols is 1. The van der Waals surface area contributed by atoms with Gasteiger partial charge in [-0.2, -0.15) is 0 Å². The number of aliphatic hydroxyl groups is 1. The number of phenolic OH excluding ortho intramolecular Hbond substituents is 1. The molecule has 2 heterocycles. The summed E-state index contributed by atoms with van der Waals surface area (Å²) in [4.78, 5) is 38.5. The Morgan fingerprint density at radius 3 is 2.69 bits per heavy atom. The predicted molar refractivity (Wildman–Crippen MR) is 120 cm³/mol. The van der Waals surface area contributed by atoms with Gasteiger partial charge in [-0.25, -0.2) is 4.79 Å². The van der Waals surface area contributed by atoms with Crippen LogP contribution in [-0.2, 0) is 35.7 Å². The Hall–Kier alpha value is -3.11. The molecule has 0 aromatic heterocycles. The highest BCUT2D eigenvalue weighted by Crippen LogP contribution is 2.65. The molecule has 5 atom stereocenters. The number of carbonyl (C=O) groups excluding carboxylic acids is 2. The smallest absolute Gasteiger partial charge is 0.353 e.